The molecule has 0 amide bonds. The molecule has 1 aliphatic rings. The monoisotopic (exact) mass is 297 g/mol. The number of fused-ring (bicyclic) bond motifs is 1. The second kappa shape index (κ2) is 4.94. The van der Waals surface area contributed by atoms with Gasteiger partial charge in [-0.3, -0.25) is 13.4 Å². The fourth-order valence-electron chi connectivity index (χ4n) is 2.33. The molecule has 19 heavy (non-hydrogen) atoms. The first-order valence-corrected chi connectivity index (χ1v) is 7.77. The van der Waals surface area contributed by atoms with Gasteiger partial charge in [0.15, 0.2) is 6.29 Å². The Morgan fingerprint density at radius 3 is 2.79 bits per heavy atom. The van der Waals surface area contributed by atoms with Gasteiger partial charge in [-0.15, -0.1) is 0 Å². The molecule has 0 saturated carbocycles. The van der Waals surface area contributed by atoms with E-state index in [1.807, 2.05) is 4.40 Å². The van der Waals surface area contributed by atoms with Crippen molar-refractivity contribution in [3.8, 4) is 0 Å². The molecule has 5 nitrogen and oxygen atoms in total. The molecule has 3 rings (SSSR count). The molecule has 0 atom stereocenters. The molecule has 1 saturated heterocycles. The highest BCUT2D eigenvalue weighted by Crippen LogP contribution is 2.28. The largest absolute Gasteiger partial charge is 0.355 e. The SMILES string of the molecule is O=Cc1cc(Cl)c2cncn2c1N1CCS(=O)CC1. The molecule has 0 radical (unpaired) electrons. The minimum Gasteiger partial charge on any atom is -0.355 e. The van der Waals surface area contributed by atoms with E-state index in [-0.39, 0.29) is 0 Å². The first kappa shape index (κ1) is 12.6. The maximum atomic E-state index is 11.4. The van der Waals surface area contributed by atoms with E-state index >= 15 is 0 Å². The van der Waals surface area contributed by atoms with Crippen molar-refractivity contribution in [2.45, 2.75) is 0 Å². The zero-order chi connectivity index (χ0) is 13.4. The van der Waals surface area contributed by atoms with Crippen LogP contribution in [0.1, 0.15) is 10.4 Å². The van der Waals surface area contributed by atoms with Crippen LogP contribution in [0.3, 0.4) is 0 Å². The highest BCUT2D eigenvalue weighted by molar-refractivity contribution is 7.85. The fourth-order valence-corrected chi connectivity index (χ4v) is 3.64. The molecule has 100 valence electrons. The Labute approximate surface area is 117 Å². The summed E-state index contributed by atoms with van der Waals surface area (Å²) in [7, 11) is -0.753. The average molecular weight is 298 g/mol. The number of hydrogen-bond acceptors (Lipinski definition) is 4. The summed E-state index contributed by atoms with van der Waals surface area (Å²) >= 11 is 6.13. The quantitative estimate of drug-likeness (QED) is 0.786. The van der Waals surface area contributed by atoms with Crippen LogP contribution in [0.5, 0.6) is 0 Å². The second-order valence-electron chi connectivity index (χ2n) is 4.37. The lowest BCUT2D eigenvalue weighted by molar-refractivity contribution is 0.112. The predicted molar refractivity (Wildman–Crippen MR) is 75.7 cm³/mol. The van der Waals surface area contributed by atoms with E-state index in [1.165, 1.54) is 0 Å². The lowest BCUT2D eigenvalue weighted by Crippen LogP contribution is -2.39. The Kier molecular flexibility index (Phi) is 3.28. The van der Waals surface area contributed by atoms with Crippen molar-refractivity contribution in [3.05, 3.63) is 29.2 Å². The van der Waals surface area contributed by atoms with E-state index in [1.54, 1.807) is 18.6 Å². The molecule has 0 aromatic carbocycles. The molecule has 0 N–H and O–H groups in total. The summed E-state index contributed by atoms with van der Waals surface area (Å²) in [6.07, 6.45) is 4.11. The van der Waals surface area contributed by atoms with Crippen LogP contribution < -0.4 is 4.90 Å². The van der Waals surface area contributed by atoms with Crippen molar-refractivity contribution in [2.24, 2.45) is 0 Å². The first-order valence-electron chi connectivity index (χ1n) is 5.90. The Morgan fingerprint density at radius 1 is 1.37 bits per heavy atom. The molecule has 0 spiro atoms. The summed E-state index contributed by atoms with van der Waals surface area (Å²) in [5, 5.41) is 0.504. The van der Waals surface area contributed by atoms with Gasteiger partial charge in [0.25, 0.3) is 0 Å². The van der Waals surface area contributed by atoms with Gasteiger partial charge in [0.1, 0.15) is 12.1 Å². The van der Waals surface area contributed by atoms with Gasteiger partial charge in [0, 0.05) is 35.4 Å². The van der Waals surface area contributed by atoms with Gasteiger partial charge in [-0.1, -0.05) is 11.6 Å². The molecule has 3 heterocycles. The van der Waals surface area contributed by atoms with Crippen LogP contribution in [0.15, 0.2) is 18.6 Å². The van der Waals surface area contributed by atoms with Crippen LogP contribution in [0.4, 0.5) is 5.82 Å². The van der Waals surface area contributed by atoms with Gasteiger partial charge >= 0.3 is 0 Å². The van der Waals surface area contributed by atoms with Gasteiger partial charge in [-0.05, 0) is 6.07 Å². The number of pyridine rings is 1. The third kappa shape index (κ3) is 2.15. The van der Waals surface area contributed by atoms with Crippen LogP contribution in [-0.2, 0) is 10.8 Å². The van der Waals surface area contributed by atoms with E-state index < -0.39 is 10.8 Å². The highest BCUT2D eigenvalue weighted by atomic mass is 35.5. The zero-order valence-electron chi connectivity index (χ0n) is 10.1. The van der Waals surface area contributed by atoms with E-state index in [0.717, 1.165) is 17.6 Å². The number of imidazole rings is 1. The van der Waals surface area contributed by atoms with E-state index in [4.69, 9.17) is 11.6 Å². The van der Waals surface area contributed by atoms with Crippen molar-refractivity contribution in [1.82, 2.24) is 9.38 Å². The maximum absolute atomic E-state index is 11.4. The van der Waals surface area contributed by atoms with E-state index in [2.05, 4.69) is 9.88 Å². The van der Waals surface area contributed by atoms with Crippen molar-refractivity contribution in [2.75, 3.05) is 29.5 Å². The number of anilines is 1. The molecule has 7 heteroatoms. The number of aromatic nitrogens is 2. The Hall–Kier alpha value is -1.40. The number of carbonyl (C=O) groups excluding carboxylic acids is 1. The summed E-state index contributed by atoms with van der Waals surface area (Å²) in [5.74, 6) is 2.03. The van der Waals surface area contributed by atoms with Crippen molar-refractivity contribution in [1.29, 1.82) is 0 Å². The minimum atomic E-state index is -0.753. The molecular formula is C12H12ClN3O2S. The van der Waals surface area contributed by atoms with Crippen molar-refractivity contribution >= 4 is 40.0 Å². The molecule has 1 fully saturated rings. The number of halogens is 1. The Bertz CT molecular complexity index is 660. The first-order chi connectivity index (χ1) is 9.20. The molecule has 2 aromatic heterocycles. The third-order valence-corrected chi connectivity index (χ3v) is 4.83. The smallest absolute Gasteiger partial charge is 0.153 e. The maximum Gasteiger partial charge on any atom is 0.153 e. The number of carbonyl (C=O) groups is 1. The summed E-state index contributed by atoms with van der Waals surface area (Å²) < 4.78 is 13.3. The van der Waals surface area contributed by atoms with Gasteiger partial charge in [0.2, 0.25) is 0 Å². The summed E-state index contributed by atoms with van der Waals surface area (Å²) in [6, 6.07) is 1.66. The average Bonchev–Trinajstić information content (AvgIpc) is 2.89. The Morgan fingerprint density at radius 2 is 2.11 bits per heavy atom. The lowest BCUT2D eigenvalue weighted by Gasteiger charge is -2.30. The summed E-state index contributed by atoms with van der Waals surface area (Å²) in [6.45, 7) is 1.34. The second-order valence-corrected chi connectivity index (χ2v) is 6.48. The summed E-state index contributed by atoms with van der Waals surface area (Å²) in [5.41, 5.74) is 1.30. The Balaban J connectivity index is 2.15. The number of hydrogen-bond donors (Lipinski definition) is 0. The molecular weight excluding hydrogens is 286 g/mol. The van der Waals surface area contributed by atoms with E-state index in [9.17, 15) is 9.00 Å². The van der Waals surface area contributed by atoms with Crippen LogP contribution in [0.25, 0.3) is 5.52 Å². The standard InChI is InChI=1S/C12H12ClN3O2S/c13-10-5-9(7-17)12(16-8-14-6-11(10)16)15-1-3-19(18)4-2-15/h5-8H,1-4H2. The van der Waals surface area contributed by atoms with Gasteiger partial charge in [-0.25, -0.2) is 4.98 Å². The molecule has 1 aliphatic heterocycles. The minimum absolute atomic E-state index is 0.504. The third-order valence-electron chi connectivity index (χ3n) is 3.26. The topological polar surface area (TPSA) is 54.7 Å². The molecule has 2 aromatic rings. The highest BCUT2D eigenvalue weighted by Gasteiger charge is 2.21. The normalized spacial score (nSPS) is 17.0. The summed E-state index contributed by atoms with van der Waals surface area (Å²) in [4.78, 5) is 17.4. The van der Waals surface area contributed by atoms with Gasteiger partial charge in [0.05, 0.1) is 22.3 Å². The van der Waals surface area contributed by atoms with E-state index in [0.29, 0.717) is 35.2 Å². The lowest BCUT2D eigenvalue weighted by atomic mass is 10.2. The number of nitrogens with zero attached hydrogens (tertiary/aromatic N) is 3. The van der Waals surface area contributed by atoms with Crippen LogP contribution >= 0.6 is 11.6 Å². The number of aldehydes is 1. The zero-order valence-corrected chi connectivity index (χ0v) is 11.7. The molecule has 0 aliphatic carbocycles. The van der Waals surface area contributed by atoms with Gasteiger partial charge < -0.3 is 4.90 Å². The molecule has 0 bridgehead atoms. The van der Waals surface area contributed by atoms with Gasteiger partial charge in [-0.2, -0.15) is 0 Å². The fraction of sp³-hybridized carbons (Fsp3) is 0.333. The predicted octanol–water partition coefficient (Wildman–Crippen LogP) is 1.37. The van der Waals surface area contributed by atoms with Crippen LogP contribution in [0.2, 0.25) is 5.02 Å². The van der Waals surface area contributed by atoms with Crippen LogP contribution in [0, 0.1) is 0 Å². The van der Waals surface area contributed by atoms with Crippen molar-refractivity contribution < 1.29 is 9.00 Å². The number of rotatable bonds is 2. The molecule has 0 unspecified atom stereocenters. The van der Waals surface area contributed by atoms with Crippen LogP contribution in [-0.4, -0.2) is 44.5 Å². The van der Waals surface area contributed by atoms with Crippen molar-refractivity contribution in [3.63, 3.8) is 0 Å².